The first kappa shape index (κ1) is 10.5. The highest BCUT2D eigenvalue weighted by Crippen LogP contribution is 2.17. The number of aliphatic imine (C=N–C) groups is 1. The van der Waals surface area contributed by atoms with Crippen molar-refractivity contribution < 1.29 is 0 Å². The number of nitrogens with zero attached hydrogens (tertiary/aromatic N) is 2. The van der Waals surface area contributed by atoms with Crippen molar-refractivity contribution in [2.24, 2.45) is 0 Å². The number of benzene rings is 1. The third-order valence-electron chi connectivity index (χ3n) is 2.71. The number of amidine groups is 1. The van der Waals surface area contributed by atoms with Crippen molar-refractivity contribution in [1.82, 2.24) is 9.89 Å². The average Bonchev–Trinajstić information content (AvgIpc) is 2.63. The van der Waals surface area contributed by atoms with Crippen LogP contribution in [0.5, 0.6) is 0 Å². The largest absolute Gasteiger partial charge is 0.399 e. The molecule has 1 radical (unpaired) electrons. The zero-order valence-electron chi connectivity index (χ0n) is 9.35. The third-order valence-corrected chi connectivity index (χ3v) is 2.71. The summed E-state index contributed by atoms with van der Waals surface area (Å²) < 4.78 is 0. The molecule has 4 N–H and O–H groups in total. The lowest BCUT2D eigenvalue weighted by molar-refractivity contribution is 0.677. The molecule has 0 unspecified atom stereocenters. The molecule has 0 bridgehead atoms. The second kappa shape index (κ2) is 4.26. The fourth-order valence-corrected chi connectivity index (χ4v) is 1.72. The minimum atomic E-state index is 0.707. The third kappa shape index (κ3) is 2.16. The molecule has 1 aromatic rings. The summed E-state index contributed by atoms with van der Waals surface area (Å²) in [5, 5.41) is 0. The highest BCUT2D eigenvalue weighted by Gasteiger charge is 2.18. The molecule has 1 aliphatic rings. The van der Waals surface area contributed by atoms with Crippen LogP contribution >= 0.6 is 0 Å². The van der Waals surface area contributed by atoms with Crippen molar-refractivity contribution >= 4 is 17.2 Å². The number of aryl methyl sites for hydroxylation is 1. The zero-order valence-corrected chi connectivity index (χ0v) is 9.35. The lowest BCUT2D eigenvalue weighted by Crippen LogP contribution is -2.20. The minimum absolute atomic E-state index is 0.707. The van der Waals surface area contributed by atoms with Crippen molar-refractivity contribution in [2.75, 3.05) is 18.5 Å². The van der Waals surface area contributed by atoms with Crippen LogP contribution in [0.1, 0.15) is 12.0 Å². The van der Waals surface area contributed by atoms with Crippen LogP contribution in [0.4, 0.5) is 11.4 Å². The Kier molecular flexibility index (Phi) is 2.81. The molecule has 1 aliphatic heterocycles. The van der Waals surface area contributed by atoms with Gasteiger partial charge in [-0.1, -0.05) is 11.1 Å². The summed E-state index contributed by atoms with van der Waals surface area (Å²) >= 11 is 0. The van der Waals surface area contributed by atoms with E-state index in [0.717, 1.165) is 29.9 Å². The summed E-state index contributed by atoms with van der Waals surface area (Å²) in [6.07, 6.45) is 5.53. The average molecular weight is 216 g/mol. The standard InChI is InChI=1S/C12H16N4/c1-16-7-6-15-12(16)5-3-9-2-4-10(13)8-11(9)14/h2,4,6-8H,3,5,13-14H2,1H3/q+1. The molecule has 0 aromatic heterocycles. The fraction of sp³-hybridized carbons (Fsp3) is 0.250. The molecule has 4 heteroatoms. The van der Waals surface area contributed by atoms with E-state index in [2.05, 4.69) is 4.99 Å². The van der Waals surface area contributed by atoms with E-state index in [0.29, 0.717) is 5.69 Å². The Balaban J connectivity index is 2.00. The Labute approximate surface area is 95.3 Å². The smallest absolute Gasteiger partial charge is 0.298 e. The quantitative estimate of drug-likeness (QED) is 0.739. The van der Waals surface area contributed by atoms with Crippen LogP contribution in [0.2, 0.25) is 0 Å². The van der Waals surface area contributed by atoms with E-state index in [1.807, 2.05) is 36.5 Å². The molecule has 1 heterocycles. The molecular formula is C12H16N4+. The molecule has 83 valence electrons. The first-order valence-electron chi connectivity index (χ1n) is 5.27. The number of hydrogen-bond acceptors (Lipinski definition) is 4. The van der Waals surface area contributed by atoms with Crippen LogP contribution in [0.3, 0.4) is 0 Å². The first-order chi connectivity index (χ1) is 7.66. The topological polar surface area (TPSA) is 69.4 Å². The first-order valence-corrected chi connectivity index (χ1v) is 5.27. The van der Waals surface area contributed by atoms with Crippen LogP contribution in [0, 0.1) is 0 Å². The van der Waals surface area contributed by atoms with Crippen molar-refractivity contribution in [3.05, 3.63) is 36.2 Å². The van der Waals surface area contributed by atoms with Crippen molar-refractivity contribution in [3.63, 3.8) is 0 Å². The highest BCUT2D eigenvalue weighted by atomic mass is 15.2. The molecule has 2 rings (SSSR count). The van der Waals surface area contributed by atoms with Gasteiger partial charge < -0.3 is 11.5 Å². The maximum atomic E-state index is 5.89. The summed E-state index contributed by atoms with van der Waals surface area (Å²) in [7, 11) is 1.99. The molecule has 0 spiro atoms. The van der Waals surface area contributed by atoms with E-state index in [-0.39, 0.29) is 0 Å². The van der Waals surface area contributed by atoms with Gasteiger partial charge >= 0.3 is 0 Å². The lowest BCUT2D eigenvalue weighted by atomic mass is 10.1. The summed E-state index contributed by atoms with van der Waals surface area (Å²) in [5.41, 5.74) is 14.1. The van der Waals surface area contributed by atoms with Gasteiger partial charge in [-0.2, -0.15) is 0 Å². The summed E-state index contributed by atoms with van der Waals surface area (Å²) in [5.74, 6) is 1.07. The maximum absolute atomic E-state index is 5.89. The van der Waals surface area contributed by atoms with E-state index < -0.39 is 0 Å². The van der Waals surface area contributed by atoms with Gasteiger partial charge in [0.15, 0.2) is 6.20 Å². The van der Waals surface area contributed by atoms with E-state index >= 15 is 0 Å². The fourth-order valence-electron chi connectivity index (χ4n) is 1.72. The van der Waals surface area contributed by atoms with E-state index in [1.54, 1.807) is 6.07 Å². The molecule has 16 heavy (non-hydrogen) atoms. The van der Waals surface area contributed by atoms with Crippen molar-refractivity contribution in [3.8, 4) is 0 Å². The van der Waals surface area contributed by atoms with E-state index in [4.69, 9.17) is 11.5 Å². The zero-order chi connectivity index (χ0) is 11.5. The minimum Gasteiger partial charge on any atom is -0.399 e. The summed E-state index contributed by atoms with van der Waals surface area (Å²) in [6.45, 7) is 0. The Morgan fingerprint density at radius 2 is 2.06 bits per heavy atom. The summed E-state index contributed by atoms with van der Waals surface area (Å²) in [6, 6.07) is 5.66. The molecule has 0 saturated heterocycles. The number of nitrogen functional groups attached to an aromatic ring is 2. The monoisotopic (exact) mass is 216 g/mol. The number of hydrogen-bond donors (Lipinski definition) is 2. The van der Waals surface area contributed by atoms with Gasteiger partial charge in [0.1, 0.15) is 6.20 Å². The van der Waals surface area contributed by atoms with Gasteiger partial charge in [-0.15, -0.1) is 0 Å². The SMILES string of the molecule is CN1C=C[N+]=C1CCc1ccc(N)cc1N. The van der Waals surface area contributed by atoms with Gasteiger partial charge in [0, 0.05) is 11.4 Å². The Morgan fingerprint density at radius 1 is 1.25 bits per heavy atom. The van der Waals surface area contributed by atoms with Crippen LogP contribution in [0.25, 0.3) is 0 Å². The molecule has 1 aromatic carbocycles. The van der Waals surface area contributed by atoms with E-state index in [1.165, 1.54) is 0 Å². The summed E-state index contributed by atoms with van der Waals surface area (Å²) in [4.78, 5) is 6.30. The van der Waals surface area contributed by atoms with Gasteiger partial charge in [-0.3, -0.25) is 0 Å². The Bertz CT molecular complexity index is 448. The molecule has 0 amide bonds. The van der Waals surface area contributed by atoms with Crippen LogP contribution in [-0.2, 0) is 6.42 Å². The molecule has 0 atom stereocenters. The van der Waals surface area contributed by atoms with Crippen LogP contribution < -0.4 is 16.5 Å². The Morgan fingerprint density at radius 3 is 2.69 bits per heavy atom. The molecular weight excluding hydrogens is 200 g/mol. The van der Waals surface area contributed by atoms with Gasteiger partial charge in [0.2, 0.25) is 0 Å². The van der Waals surface area contributed by atoms with Crippen LogP contribution in [-0.4, -0.2) is 17.8 Å². The van der Waals surface area contributed by atoms with Gasteiger partial charge in [-0.05, 0) is 24.1 Å². The Hall–Kier alpha value is -1.97. The molecule has 4 nitrogen and oxygen atoms in total. The highest BCUT2D eigenvalue weighted by molar-refractivity contribution is 5.84. The molecule has 0 aliphatic carbocycles. The predicted molar refractivity (Wildman–Crippen MR) is 67.6 cm³/mol. The lowest BCUT2D eigenvalue weighted by Gasteiger charge is -2.06. The van der Waals surface area contributed by atoms with Gasteiger partial charge in [-0.25, -0.2) is 4.90 Å². The van der Waals surface area contributed by atoms with Crippen LogP contribution in [0.15, 0.2) is 30.6 Å². The molecule has 0 fully saturated rings. The van der Waals surface area contributed by atoms with Crippen molar-refractivity contribution in [2.45, 2.75) is 12.8 Å². The molecule has 0 saturated carbocycles. The van der Waals surface area contributed by atoms with E-state index in [9.17, 15) is 0 Å². The second-order valence-electron chi connectivity index (χ2n) is 3.91. The van der Waals surface area contributed by atoms with Gasteiger partial charge in [0.25, 0.3) is 5.84 Å². The number of rotatable bonds is 3. The second-order valence-corrected chi connectivity index (χ2v) is 3.91. The maximum Gasteiger partial charge on any atom is 0.298 e. The normalized spacial score (nSPS) is 14.3. The number of anilines is 2. The van der Waals surface area contributed by atoms with Gasteiger partial charge in [0.05, 0.1) is 13.5 Å². The predicted octanol–water partition coefficient (Wildman–Crippen LogP) is 0.935. The van der Waals surface area contributed by atoms with Crippen molar-refractivity contribution in [1.29, 1.82) is 0 Å². The number of nitrogens with two attached hydrogens (primary N) is 2.